The molecule has 2 atom stereocenters. The second-order valence-corrected chi connectivity index (χ2v) is 5.98. The molecule has 0 aromatic rings. The van der Waals surface area contributed by atoms with Crippen molar-refractivity contribution in [3.8, 4) is 6.07 Å². The van der Waals surface area contributed by atoms with Crippen LogP contribution in [0.2, 0.25) is 0 Å². The van der Waals surface area contributed by atoms with Crippen LogP contribution >= 0.6 is 0 Å². The van der Waals surface area contributed by atoms with Crippen LogP contribution in [0.15, 0.2) is 0 Å². The van der Waals surface area contributed by atoms with Crippen LogP contribution in [0.5, 0.6) is 0 Å². The molecule has 4 heteroatoms. The number of rotatable bonds is 10. The Balaban J connectivity index is 2.26. The molecule has 0 aromatic heterocycles. The van der Waals surface area contributed by atoms with Crippen molar-refractivity contribution in [1.82, 2.24) is 5.32 Å². The van der Waals surface area contributed by atoms with Crippen LogP contribution in [0.3, 0.4) is 0 Å². The fourth-order valence-electron chi connectivity index (χ4n) is 3.05. The van der Waals surface area contributed by atoms with Gasteiger partial charge >= 0.3 is 0 Å². The molecule has 0 spiro atoms. The zero-order chi connectivity index (χ0) is 14.8. The van der Waals surface area contributed by atoms with Crippen molar-refractivity contribution in [2.24, 2.45) is 5.92 Å². The summed E-state index contributed by atoms with van der Waals surface area (Å²) in [6, 6.07) is 2.88. The second-order valence-electron chi connectivity index (χ2n) is 5.98. The first-order chi connectivity index (χ1) is 9.64. The van der Waals surface area contributed by atoms with Gasteiger partial charge in [0, 0.05) is 19.3 Å². The maximum Gasteiger partial charge on any atom is 0.109 e. The maximum atomic E-state index is 9.56. The molecular formula is C16H30N2O2. The first-order valence-electron chi connectivity index (χ1n) is 7.99. The minimum Gasteiger partial charge on any atom is -0.379 e. The molecule has 2 unspecified atom stereocenters. The van der Waals surface area contributed by atoms with Gasteiger partial charge in [0.2, 0.25) is 0 Å². The average Bonchev–Trinajstić information content (AvgIpc) is 2.80. The highest BCUT2D eigenvalue weighted by atomic mass is 16.5. The summed E-state index contributed by atoms with van der Waals surface area (Å²) in [5.74, 6) is 0.409. The van der Waals surface area contributed by atoms with E-state index < -0.39 is 0 Å². The molecular weight excluding hydrogens is 252 g/mol. The highest BCUT2D eigenvalue weighted by Gasteiger charge is 2.42. The Morgan fingerprint density at radius 3 is 2.55 bits per heavy atom. The third-order valence-corrected chi connectivity index (χ3v) is 3.90. The lowest BCUT2D eigenvalue weighted by Crippen LogP contribution is -2.50. The van der Waals surface area contributed by atoms with Crippen LogP contribution in [0.4, 0.5) is 0 Å². The van der Waals surface area contributed by atoms with Crippen LogP contribution < -0.4 is 5.32 Å². The predicted molar refractivity (Wildman–Crippen MR) is 80.5 cm³/mol. The maximum absolute atomic E-state index is 9.56. The Morgan fingerprint density at radius 2 is 1.95 bits per heavy atom. The first-order valence-corrected chi connectivity index (χ1v) is 7.99. The van der Waals surface area contributed by atoms with Crippen molar-refractivity contribution in [3.05, 3.63) is 0 Å². The Morgan fingerprint density at radius 1 is 1.25 bits per heavy atom. The lowest BCUT2D eigenvalue weighted by molar-refractivity contribution is 0.0405. The molecule has 0 radical (unpaired) electrons. The standard InChI is InChI=1S/C16H30N2O2/c1-4-9-19-11-12-20-10-7-15-6-5-8-16(15,13-17)18-14(2)3/h14-15,18H,4-12H2,1-3H3. The van der Waals surface area contributed by atoms with E-state index >= 15 is 0 Å². The molecule has 1 aliphatic rings. The van der Waals surface area contributed by atoms with Crippen molar-refractivity contribution in [2.75, 3.05) is 26.4 Å². The molecule has 1 N–H and O–H groups in total. The minimum absolute atomic E-state index is 0.337. The molecule has 0 heterocycles. The summed E-state index contributed by atoms with van der Waals surface area (Å²) in [6.45, 7) is 9.18. The number of nitrogens with one attached hydrogen (secondary N) is 1. The molecule has 4 nitrogen and oxygen atoms in total. The summed E-state index contributed by atoms with van der Waals surface area (Å²) in [6.07, 6.45) is 5.24. The summed E-state index contributed by atoms with van der Waals surface area (Å²) in [7, 11) is 0. The average molecular weight is 282 g/mol. The minimum atomic E-state index is -0.337. The molecule has 0 aromatic carbocycles. The van der Waals surface area contributed by atoms with Gasteiger partial charge in [-0.2, -0.15) is 5.26 Å². The van der Waals surface area contributed by atoms with Crippen LogP contribution in [0.1, 0.15) is 52.9 Å². The van der Waals surface area contributed by atoms with Crippen molar-refractivity contribution in [1.29, 1.82) is 5.26 Å². The highest BCUT2D eigenvalue weighted by molar-refractivity contribution is 5.14. The molecule has 0 amide bonds. The summed E-state index contributed by atoms with van der Waals surface area (Å²) < 4.78 is 11.0. The van der Waals surface area contributed by atoms with Crippen LogP contribution in [0.25, 0.3) is 0 Å². The van der Waals surface area contributed by atoms with Crippen molar-refractivity contribution in [2.45, 2.75) is 64.5 Å². The molecule has 1 saturated carbocycles. The van der Waals surface area contributed by atoms with Gasteiger partial charge in [-0.3, -0.25) is 5.32 Å². The third kappa shape index (κ3) is 5.40. The SMILES string of the molecule is CCCOCCOCCC1CCCC1(C#N)NC(C)C. The Labute approximate surface area is 123 Å². The van der Waals surface area contributed by atoms with E-state index in [4.69, 9.17) is 9.47 Å². The lowest BCUT2D eigenvalue weighted by Gasteiger charge is -2.32. The van der Waals surface area contributed by atoms with Gasteiger partial charge in [-0.15, -0.1) is 0 Å². The van der Waals surface area contributed by atoms with Gasteiger partial charge in [-0.1, -0.05) is 13.3 Å². The Hall–Kier alpha value is -0.630. The summed E-state index contributed by atoms with van der Waals surface area (Å²) in [5.41, 5.74) is -0.337. The topological polar surface area (TPSA) is 54.3 Å². The number of hydrogen-bond acceptors (Lipinski definition) is 4. The van der Waals surface area contributed by atoms with Gasteiger partial charge in [0.05, 0.1) is 19.3 Å². The molecule has 1 fully saturated rings. The van der Waals surface area contributed by atoms with Gasteiger partial charge in [-0.05, 0) is 45.4 Å². The number of hydrogen-bond donors (Lipinski definition) is 1. The van der Waals surface area contributed by atoms with E-state index in [9.17, 15) is 5.26 Å². The van der Waals surface area contributed by atoms with Gasteiger partial charge in [0.15, 0.2) is 0 Å². The molecule has 20 heavy (non-hydrogen) atoms. The van der Waals surface area contributed by atoms with E-state index in [0.717, 1.165) is 45.3 Å². The molecule has 0 bridgehead atoms. The Bertz CT molecular complexity index is 301. The van der Waals surface area contributed by atoms with Crippen LogP contribution in [0, 0.1) is 17.2 Å². The van der Waals surface area contributed by atoms with Gasteiger partial charge in [0.25, 0.3) is 0 Å². The highest BCUT2D eigenvalue weighted by Crippen LogP contribution is 2.37. The third-order valence-electron chi connectivity index (χ3n) is 3.90. The molecule has 0 saturated heterocycles. The van der Waals surface area contributed by atoms with E-state index in [0.29, 0.717) is 25.2 Å². The molecule has 0 aliphatic heterocycles. The first kappa shape index (κ1) is 17.4. The van der Waals surface area contributed by atoms with E-state index in [1.165, 1.54) is 0 Å². The Kier molecular flexibility index (Phi) is 8.13. The smallest absolute Gasteiger partial charge is 0.109 e. The lowest BCUT2D eigenvalue weighted by atomic mass is 9.85. The summed E-state index contributed by atoms with van der Waals surface area (Å²) in [5, 5.41) is 13.0. The molecule has 1 rings (SSSR count). The van der Waals surface area contributed by atoms with Crippen molar-refractivity contribution < 1.29 is 9.47 Å². The van der Waals surface area contributed by atoms with Gasteiger partial charge in [-0.25, -0.2) is 0 Å². The summed E-state index contributed by atoms with van der Waals surface area (Å²) in [4.78, 5) is 0. The monoisotopic (exact) mass is 282 g/mol. The normalized spacial score (nSPS) is 26.1. The molecule has 1 aliphatic carbocycles. The van der Waals surface area contributed by atoms with Gasteiger partial charge < -0.3 is 9.47 Å². The predicted octanol–water partition coefficient (Wildman–Crippen LogP) is 2.88. The zero-order valence-corrected chi connectivity index (χ0v) is 13.3. The number of ether oxygens (including phenoxy) is 2. The van der Waals surface area contributed by atoms with E-state index in [1.54, 1.807) is 0 Å². The fourth-order valence-corrected chi connectivity index (χ4v) is 3.05. The zero-order valence-electron chi connectivity index (χ0n) is 13.3. The van der Waals surface area contributed by atoms with Crippen molar-refractivity contribution in [3.63, 3.8) is 0 Å². The van der Waals surface area contributed by atoms with Crippen LogP contribution in [-0.4, -0.2) is 38.0 Å². The van der Waals surface area contributed by atoms with Crippen LogP contribution in [-0.2, 0) is 9.47 Å². The van der Waals surface area contributed by atoms with Crippen molar-refractivity contribution >= 4 is 0 Å². The van der Waals surface area contributed by atoms with E-state index in [1.807, 2.05) is 0 Å². The largest absolute Gasteiger partial charge is 0.379 e. The van der Waals surface area contributed by atoms with E-state index in [-0.39, 0.29) is 5.54 Å². The summed E-state index contributed by atoms with van der Waals surface area (Å²) >= 11 is 0. The molecule has 116 valence electrons. The fraction of sp³-hybridized carbons (Fsp3) is 0.938. The quantitative estimate of drug-likeness (QED) is 0.626. The number of nitrogens with zero attached hydrogens (tertiary/aromatic N) is 1. The van der Waals surface area contributed by atoms with Gasteiger partial charge in [0.1, 0.15) is 5.54 Å². The number of nitriles is 1. The second kappa shape index (κ2) is 9.33. The van der Waals surface area contributed by atoms with E-state index in [2.05, 4.69) is 32.2 Å².